The fourth-order valence-electron chi connectivity index (χ4n) is 4.57. The molecule has 2 aromatic carbocycles. The highest BCUT2D eigenvalue weighted by Gasteiger charge is 2.43. The second-order valence-corrected chi connectivity index (χ2v) is 8.47. The molecule has 0 aromatic heterocycles. The van der Waals surface area contributed by atoms with E-state index in [1.165, 1.54) is 7.11 Å². The molecule has 0 bridgehead atoms. The van der Waals surface area contributed by atoms with Crippen LogP contribution in [-0.4, -0.2) is 68.2 Å². The number of methoxy groups -OCH3 is 1. The summed E-state index contributed by atoms with van der Waals surface area (Å²) < 4.78 is 15.8. The smallest absolute Gasteiger partial charge is 0.407 e. The van der Waals surface area contributed by atoms with E-state index in [1.54, 1.807) is 0 Å². The van der Waals surface area contributed by atoms with Gasteiger partial charge in [0.05, 0.1) is 6.61 Å². The molecule has 34 heavy (non-hydrogen) atoms. The highest BCUT2D eigenvalue weighted by molar-refractivity contribution is 5.91. The van der Waals surface area contributed by atoms with Gasteiger partial charge in [0.2, 0.25) is 5.91 Å². The van der Waals surface area contributed by atoms with Crippen LogP contribution in [-0.2, 0) is 23.8 Å². The molecule has 0 saturated carbocycles. The van der Waals surface area contributed by atoms with Crippen LogP contribution in [0.5, 0.6) is 0 Å². The summed E-state index contributed by atoms with van der Waals surface area (Å²) in [7, 11) is 1.39. The second-order valence-electron chi connectivity index (χ2n) is 8.47. The Hall–Kier alpha value is -3.43. The van der Waals surface area contributed by atoms with Gasteiger partial charge < -0.3 is 30.0 Å². The van der Waals surface area contributed by atoms with Crippen LogP contribution in [0.2, 0.25) is 0 Å². The number of carbonyl (C=O) groups excluding carboxylic acids is 2. The van der Waals surface area contributed by atoms with Gasteiger partial charge in [0.25, 0.3) is 0 Å². The van der Waals surface area contributed by atoms with Gasteiger partial charge in [0.15, 0.2) is 0 Å². The normalized spacial score (nSPS) is 17.2. The number of ether oxygens (including phenoxy) is 3. The Morgan fingerprint density at radius 1 is 1.06 bits per heavy atom. The number of hydrogen-bond donors (Lipinski definition) is 3. The van der Waals surface area contributed by atoms with E-state index in [2.05, 4.69) is 10.6 Å². The average Bonchev–Trinajstić information content (AvgIpc) is 3.16. The molecule has 1 saturated heterocycles. The molecule has 0 radical (unpaired) electrons. The van der Waals surface area contributed by atoms with Crippen LogP contribution >= 0.6 is 0 Å². The highest BCUT2D eigenvalue weighted by atomic mass is 16.5. The molecule has 9 nitrogen and oxygen atoms in total. The average molecular weight is 469 g/mol. The van der Waals surface area contributed by atoms with Gasteiger partial charge in [-0.25, -0.2) is 9.59 Å². The van der Waals surface area contributed by atoms with E-state index in [9.17, 15) is 19.5 Å². The summed E-state index contributed by atoms with van der Waals surface area (Å²) in [4.78, 5) is 37.3. The van der Waals surface area contributed by atoms with Gasteiger partial charge >= 0.3 is 12.1 Å². The van der Waals surface area contributed by atoms with Crippen molar-refractivity contribution in [2.24, 2.45) is 0 Å². The van der Waals surface area contributed by atoms with Gasteiger partial charge in [0.1, 0.15) is 18.2 Å². The Morgan fingerprint density at radius 3 is 2.21 bits per heavy atom. The van der Waals surface area contributed by atoms with E-state index in [1.807, 2.05) is 48.5 Å². The van der Waals surface area contributed by atoms with E-state index >= 15 is 0 Å². The zero-order valence-electron chi connectivity index (χ0n) is 18.9. The number of aliphatic carboxylic acids is 1. The maximum atomic E-state index is 12.9. The first-order valence-electron chi connectivity index (χ1n) is 11.2. The Morgan fingerprint density at radius 2 is 1.65 bits per heavy atom. The number of carboxylic acid groups (broad SMARTS) is 1. The fourth-order valence-corrected chi connectivity index (χ4v) is 4.57. The lowest BCUT2D eigenvalue weighted by atomic mass is 9.89. The predicted molar refractivity (Wildman–Crippen MR) is 122 cm³/mol. The fraction of sp³-hybridized carbons (Fsp3) is 0.400. The number of fused-ring (bicyclic) bond motifs is 3. The molecule has 3 N–H and O–H groups in total. The second kappa shape index (κ2) is 10.2. The monoisotopic (exact) mass is 468 g/mol. The summed E-state index contributed by atoms with van der Waals surface area (Å²) in [5.74, 6) is -1.91. The zero-order chi connectivity index (χ0) is 24.1. The first kappa shape index (κ1) is 23.7. The maximum Gasteiger partial charge on any atom is 0.407 e. The van der Waals surface area contributed by atoms with E-state index in [0.717, 1.165) is 22.3 Å². The Labute approximate surface area is 197 Å². The minimum Gasteiger partial charge on any atom is -0.480 e. The molecule has 0 spiro atoms. The summed E-state index contributed by atoms with van der Waals surface area (Å²) in [5, 5.41) is 14.8. The lowest BCUT2D eigenvalue weighted by molar-refractivity contribution is -0.152. The van der Waals surface area contributed by atoms with E-state index < -0.39 is 29.6 Å². The van der Waals surface area contributed by atoms with Crippen molar-refractivity contribution in [3.8, 4) is 11.1 Å². The molecular weight excluding hydrogens is 440 g/mol. The Kier molecular flexibility index (Phi) is 7.14. The van der Waals surface area contributed by atoms with Crippen molar-refractivity contribution in [2.45, 2.75) is 30.3 Å². The van der Waals surface area contributed by atoms with Gasteiger partial charge in [0, 0.05) is 39.1 Å². The van der Waals surface area contributed by atoms with E-state index in [0.29, 0.717) is 0 Å². The van der Waals surface area contributed by atoms with Crippen LogP contribution < -0.4 is 10.6 Å². The molecule has 1 atom stereocenters. The maximum absolute atomic E-state index is 12.9. The third-order valence-electron chi connectivity index (χ3n) is 6.40. The number of amides is 2. The molecule has 1 aliphatic heterocycles. The quantitative estimate of drug-likeness (QED) is 0.543. The number of benzene rings is 2. The number of alkyl carbamates (subject to hydrolysis) is 1. The summed E-state index contributed by atoms with van der Waals surface area (Å²) in [6, 6.07) is 14.9. The van der Waals surface area contributed by atoms with Gasteiger partial charge in [-0.1, -0.05) is 48.5 Å². The summed E-state index contributed by atoms with van der Waals surface area (Å²) in [5.41, 5.74) is 2.93. The molecule has 2 aromatic rings. The highest BCUT2D eigenvalue weighted by Crippen LogP contribution is 2.44. The molecule has 1 aliphatic carbocycles. The summed E-state index contributed by atoms with van der Waals surface area (Å²) in [6.07, 6.45) is -0.507. The first-order chi connectivity index (χ1) is 16.4. The Bertz CT molecular complexity index is 1020. The molecule has 4 rings (SSSR count). The van der Waals surface area contributed by atoms with Crippen LogP contribution in [0.25, 0.3) is 11.1 Å². The van der Waals surface area contributed by atoms with E-state index in [-0.39, 0.29) is 45.2 Å². The summed E-state index contributed by atoms with van der Waals surface area (Å²) >= 11 is 0. The van der Waals surface area contributed by atoms with Crippen LogP contribution in [0, 0.1) is 0 Å². The van der Waals surface area contributed by atoms with Crippen molar-refractivity contribution in [3.63, 3.8) is 0 Å². The minimum absolute atomic E-state index is 0.0948. The van der Waals surface area contributed by atoms with Crippen LogP contribution in [0.4, 0.5) is 4.79 Å². The zero-order valence-corrected chi connectivity index (χ0v) is 18.9. The summed E-state index contributed by atoms with van der Waals surface area (Å²) in [6.45, 7) is 0.405. The minimum atomic E-state index is -1.44. The lowest BCUT2D eigenvalue weighted by Crippen LogP contribution is -2.62. The van der Waals surface area contributed by atoms with Crippen LogP contribution in [0.1, 0.15) is 29.9 Å². The molecule has 9 heteroatoms. The number of carboxylic acids is 1. The van der Waals surface area contributed by atoms with Crippen molar-refractivity contribution < 1.29 is 33.7 Å². The van der Waals surface area contributed by atoms with Gasteiger partial charge in [-0.05, 0) is 22.3 Å². The third kappa shape index (κ3) is 4.76. The molecule has 0 unspecified atom stereocenters. The number of rotatable bonds is 8. The largest absolute Gasteiger partial charge is 0.480 e. The molecule has 180 valence electrons. The molecule has 1 heterocycles. The Balaban J connectivity index is 1.41. The van der Waals surface area contributed by atoms with Crippen LogP contribution in [0.15, 0.2) is 48.5 Å². The van der Waals surface area contributed by atoms with Gasteiger partial charge in [-0.3, -0.25) is 4.79 Å². The van der Waals surface area contributed by atoms with Crippen LogP contribution in [0.3, 0.4) is 0 Å². The number of carbonyl (C=O) groups is 3. The van der Waals surface area contributed by atoms with Gasteiger partial charge in [-0.2, -0.15) is 0 Å². The van der Waals surface area contributed by atoms with Crippen molar-refractivity contribution in [3.05, 3.63) is 59.7 Å². The molecular formula is C25H28N2O7. The lowest BCUT2D eigenvalue weighted by Gasteiger charge is -2.35. The first-order valence-corrected chi connectivity index (χ1v) is 11.2. The standard InChI is InChI=1S/C25H28N2O7/c1-32-15-21(22(28)27-25(23(29)30)10-12-33-13-11-25)26-24(31)34-14-20-18-8-4-2-6-16(18)17-7-3-5-9-19(17)20/h2-9,20-21H,10-15H2,1H3,(H,26,31)(H,27,28)(H,29,30)/t21-/m0/s1. The molecule has 2 amide bonds. The molecule has 2 aliphatic rings. The van der Waals surface area contributed by atoms with E-state index in [4.69, 9.17) is 14.2 Å². The third-order valence-corrected chi connectivity index (χ3v) is 6.40. The molecule has 1 fully saturated rings. The topological polar surface area (TPSA) is 123 Å². The number of nitrogens with one attached hydrogen (secondary N) is 2. The van der Waals surface area contributed by atoms with Crippen molar-refractivity contribution >= 4 is 18.0 Å². The predicted octanol–water partition coefficient (Wildman–Crippen LogP) is 2.29. The number of hydrogen-bond acceptors (Lipinski definition) is 6. The van der Waals surface area contributed by atoms with Crippen molar-refractivity contribution in [2.75, 3.05) is 33.5 Å². The SMILES string of the molecule is COC[C@H](NC(=O)OCC1c2ccccc2-c2ccccc21)C(=O)NC1(C(=O)O)CCOCC1. The van der Waals surface area contributed by atoms with Gasteiger partial charge in [-0.15, -0.1) is 0 Å². The van der Waals surface area contributed by atoms with Crippen molar-refractivity contribution in [1.82, 2.24) is 10.6 Å². The van der Waals surface area contributed by atoms with Crippen molar-refractivity contribution in [1.29, 1.82) is 0 Å².